The van der Waals surface area contributed by atoms with E-state index < -0.39 is 17.9 Å². The molecule has 50 heavy (non-hydrogen) atoms. The molecular formula is C35H38Cl2N8O5. The second-order valence-corrected chi connectivity index (χ2v) is 13.3. The summed E-state index contributed by atoms with van der Waals surface area (Å²) >= 11 is 12.7. The van der Waals surface area contributed by atoms with Gasteiger partial charge in [-0.05, 0) is 74.5 Å². The van der Waals surface area contributed by atoms with Crippen LogP contribution < -0.4 is 20.2 Å². The highest BCUT2D eigenvalue weighted by molar-refractivity contribution is 6.35. The fourth-order valence-corrected chi connectivity index (χ4v) is 6.78. The number of hydrogen-bond acceptors (Lipinski definition) is 10. The molecule has 5 aromatic rings. The van der Waals surface area contributed by atoms with Crippen LogP contribution in [0.4, 0.5) is 11.4 Å². The van der Waals surface area contributed by atoms with Crippen LogP contribution in [-0.2, 0) is 21.8 Å². The van der Waals surface area contributed by atoms with E-state index in [1.807, 2.05) is 36.4 Å². The zero-order chi connectivity index (χ0) is 34.8. The van der Waals surface area contributed by atoms with Crippen molar-refractivity contribution >= 4 is 34.6 Å². The number of nitrogens with zero attached hydrogens (tertiary/aromatic N) is 8. The minimum absolute atomic E-state index is 0.212. The van der Waals surface area contributed by atoms with Crippen molar-refractivity contribution in [2.24, 2.45) is 0 Å². The number of halogens is 2. The Morgan fingerprint density at radius 3 is 2.14 bits per heavy atom. The summed E-state index contributed by atoms with van der Waals surface area (Å²) in [6.45, 7) is 7.65. The lowest BCUT2D eigenvalue weighted by Gasteiger charge is -2.37. The van der Waals surface area contributed by atoms with Crippen molar-refractivity contribution in [2.45, 2.75) is 44.4 Å². The number of rotatable bonds is 11. The predicted octanol–water partition coefficient (Wildman–Crippen LogP) is 4.55. The summed E-state index contributed by atoms with van der Waals surface area (Å²) in [7, 11) is 0. The van der Waals surface area contributed by atoms with E-state index in [1.165, 1.54) is 20.4 Å². The number of piperazine rings is 1. The van der Waals surface area contributed by atoms with Gasteiger partial charge in [-0.15, -0.1) is 0 Å². The maximum Gasteiger partial charge on any atom is 0.350 e. The average Bonchev–Trinajstić information content (AvgIpc) is 3.88. The second-order valence-electron chi connectivity index (χ2n) is 12.5. The third-order valence-corrected chi connectivity index (χ3v) is 9.75. The lowest BCUT2D eigenvalue weighted by atomic mass is 10.1. The number of aromatic nitrogens is 6. The molecule has 4 heterocycles. The number of aliphatic hydroxyl groups is 1. The summed E-state index contributed by atoms with van der Waals surface area (Å²) in [5.74, 6) is -0.456. The molecule has 0 aliphatic carbocycles. The molecule has 7 rings (SSSR count). The first kappa shape index (κ1) is 34.1. The van der Waals surface area contributed by atoms with E-state index >= 15 is 0 Å². The van der Waals surface area contributed by atoms with Gasteiger partial charge in [0, 0.05) is 48.1 Å². The molecule has 2 aliphatic heterocycles. The molecule has 15 heteroatoms. The second kappa shape index (κ2) is 14.4. The molecule has 0 bridgehead atoms. The fraction of sp³-hybridized carbons (Fsp3) is 0.371. The molecule has 0 saturated carbocycles. The highest BCUT2D eigenvalue weighted by Gasteiger charge is 2.46. The standard InChI is InChI=1S/C35H38Cl2N8O5/c1-24(25(2)46)45-34(47)43(23-40-45)29-6-4-27(5-7-29)41-15-17-42(18-16-41)28-8-10-30(11-9-28)48-20-31-21-49-35(50-31,22-44-38-13-14-39-44)32-12-3-26(36)19-33(32)37/h3-14,19,23-25,31,46H,15-18,20-22H2,1-2H3. The lowest BCUT2D eigenvalue weighted by molar-refractivity contribution is -0.192. The molecule has 1 N–H and O–H groups in total. The molecule has 4 unspecified atom stereocenters. The molecule has 3 aromatic carbocycles. The molecule has 262 valence electrons. The minimum Gasteiger partial charge on any atom is -0.491 e. The summed E-state index contributed by atoms with van der Waals surface area (Å²) in [6.07, 6.45) is 3.66. The Balaban J connectivity index is 0.924. The van der Waals surface area contributed by atoms with Gasteiger partial charge in [0.25, 0.3) is 0 Å². The Morgan fingerprint density at radius 1 is 0.900 bits per heavy atom. The van der Waals surface area contributed by atoms with Crippen LogP contribution in [0.1, 0.15) is 25.5 Å². The van der Waals surface area contributed by atoms with Crippen LogP contribution in [0, 0.1) is 0 Å². The Morgan fingerprint density at radius 2 is 1.52 bits per heavy atom. The molecule has 4 atom stereocenters. The van der Waals surface area contributed by atoms with Gasteiger partial charge in [0.2, 0.25) is 5.79 Å². The van der Waals surface area contributed by atoms with Crippen molar-refractivity contribution in [3.63, 3.8) is 0 Å². The number of benzene rings is 3. The summed E-state index contributed by atoms with van der Waals surface area (Å²) in [5, 5.41) is 23.5. The number of anilines is 2. The fourth-order valence-electron chi connectivity index (χ4n) is 6.23. The predicted molar refractivity (Wildman–Crippen MR) is 190 cm³/mol. The highest BCUT2D eigenvalue weighted by atomic mass is 35.5. The van der Waals surface area contributed by atoms with Crippen molar-refractivity contribution in [2.75, 3.05) is 49.2 Å². The Hall–Kier alpha value is -4.40. The molecule has 13 nitrogen and oxygen atoms in total. The third-order valence-electron chi connectivity index (χ3n) is 9.21. The van der Waals surface area contributed by atoms with Gasteiger partial charge < -0.3 is 29.1 Å². The van der Waals surface area contributed by atoms with E-state index in [9.17, 15) is 9.90 Å². The van der Waals surface area contributed by atoms with Crippen molar-refractivity contribution < 1.29 is 19.3 Å². The lowest BCUT2D eigenvalue weighted by Crippen LogP contribution is -2.46. The van der Waals surface area contributed by atoms with Crippen molar-refractivity contribution in [1.29, 1.82) is 0 Å². The molecule has 2 fully saturated rings. The van der Waals surface area contributed by atoms with E-state index in [0.717, 1.165) is 49.0 Å². The Bertz CT molecular complexity index is 1940. The summed E-state index contributed by atoms with van der Waals surface area (Å²) in [6, 6.07) is 20.8. The largest absolute Gasteiger partial charge is 0.491 e. The molecule has 0 amide bonds. The maximum absolute atomic E-state index is 12.8. The van der Waals surface area contributed by atoms with Crippen LogP contribution in [0.2, 0.25) is 10.0 Å². The van der Waals surface area contributed by atoms with Crippen LogP contribution >= 0.6 is 23.2 Å². The van der Waals surface area contributed by atoms with Crippen LogP contribution in [0.25, 0.3) is 5.69 Å². The van der Waals surface area contributed by atoms with E-state index in [-0.39, 0.29) is 24.9 Å². The van der Waals surface area contributed by atoms with Crippen molar-refractivity contribution in [3.8, 4) is 11.4 Å². The number of ether oxygens (including phenoxy) is 3. The monoisotopic (exact) mass is 720 g/mol. The van der Waals surface area contributed by atoms with Gasteiger partial charge in [-0.2, -0.15) is 20.1 Å². The number of aliphatic hydroxyl groups excluding tert-OH is 1. The SMILES string of the molecule is CC(O)C(C)n1ncn(-c2ccc(N3CCN(c4ccc(OCC5COC(Cn6nccn6)(c6ccc(Cl)cc6Cl)O5)cc4)CC3)cc2)c1=O. The topological polar surface area (TPSA) is 125 Å². The van der Waals surface area contributed by atoms with Gasteiger partial charge in [0.15, 0.2) is 0 Å². The third kappa shape index (κ3) is 7.10. The smallest absolute Gasteiger partial charge is 0.350 e. The van der Waals surface area contributed by atoms with E-state index in [1.54, 1.807) is 44.4 Å². The van der Waals surface area contributed by atoms with E-state index in [4.69, 9.17) is 37.4 Å². The minimum atomic E-state index is -1.19. The quantitative estimate of drug-likeness (QED) is 0.208. The molecular weight excluding hydrogens is 683 g/mol. The summed E-state index contributed by atoms with van der Waals surface area (Å²) < 4.78 is 21.6. The molecule has 0 radical (unpaired) electrons. The van der Waals surface area contributed by atoms with Gasteiger partial charge in [-0.3, -0.25) is 0 Å². The molecule has 2 saturated heterocycles. The van der Waals surface area contributed by atoms with Crippen molar-refractivity contribution in [3.05, 3.63) is 112 Å². The zero-order valence-corrected chi connectivity index (χ0v) is 29.2. The first-order valence-electron chi connectivity index (χ1n) is 16.5. The van der Waals surface area contributed by atoms with Crippen molar-refractivity contribution in [1.82, 2.24) is 29.3 Å². The van der Waals surface area contributed by atoms with E-state index in [0.29, 0.717) is 22.2 Å². The van der Waals surface area contributed by atoms with Crippen LogP contribution in [0.15, 0.2) is 90.2 Å². The average molecular weight is 722 g/mol. The molecule has 0 spiro atoms. The Labute approximate surface area is 299 Å². The van der Waals surface area contributed by atoms with Gasteiger partial charge in [0.05, 0.1) is 41.9 Å². The first-order chi connectivity index (χ1) is 24.2. The highest BCUT2D eigenvalue weighted by Crippen LogP contribution is 2.40. The van der Waals surface area contributed by atoms with Gasteiger partial charge >= 0.3 is 5.69 Å². The van der Waals surface area contributed by atoms with Gasteiger partial charge in [-0.25, -0.2) is 14.0 Å². The van der Waals surface area contributed by atoms with Crippen LogP contribution in [0.5, 0.6) is 5.75 Å². The van der Waals surface area contributed by atoms with Crippen LogP contribution in [0.3, 0.4) is 0 Å². The van der Waals surface area contributed by atoms with E-state index in [2.05, 4.69) is 37.2 Å². The zero-order valence-electron chi connectivity index (χ0n) is 27.7. The normalized spacial score (nSPS) is 20.6. The maximum atomic E-state index is 12.8. The number of hydrogen-bond donors (Lipinski definition) is 1. The van der Waals surface area contributed by atoms with Gasteiger partial charge in [0.1, 0.15) is 31.3 Å². The first-order valence-corrected chi connectivity index (χ1v) is 17.2. The summed E-state index contributed by atoms with van der Waals surface area (Å²) in [4.78, 5) is 19.0. The summed E-state index contributed by atoms with van der Waals surface area (Å²) in [5.41, 5.74) is 3.31. The molecule has 2 aliphatic rings. The Kier molecular flexibility index (Phi) is 9.84. The molecule has 2 aromatic heterocycles. The van der Waals surface area contributed by atoms with Crippen LogP contribution in [-0.4, -0.2) is 86.0 Å². The van der Waals surface area contributed by atoms with Gasteiger partial charge in [-0.1, -0.05) is 29.3 Å².